The molecular weight excluding hydrogens is 380 g/mol. The van der Waals surface area contributed by atoms with Gasteiger partial charge in [0.15, 0.2) is 6.61 Å². The molecule has 1 saturated heterocycles. The molecule has 8 heteroatoms. The van der Waals surface area contributed by atoms with Gasteiger partial charge in [-0.15, -0.1) is 0 Å². The van der Waals surface area contributed by atoms with Gasteiger partial charge in [0.05, 0.1) is 17.7 Å². The number of methoxy groups -OCH3 is 1. The highest BCUT2D eigenvalue weighted by Crippen LogP contribution is 2.31. The van der Waals surface area contributed by atoms with Crippen molar-refractivity contribution in [1.82, 2.24) is 4.90 Å². The Kier molecular flexibility index (Phi) is 6.00. The van der Waals surface area contributed by atoms with Crippen LogP contribution < -0.4 is 14.8 Å². The van der Waals surface area contributed by atoms with Crippen LogP contribution in [-0.4, -0.2) is 42.7 Å². The molecule has 2 aromatic carbocycles. The van der Waals surface area contributed by atoms with E-state index in [0.717, 1.165) is 22.2 Å². The highest BCUT2D eigenvalue weighted by Gasteiger charge is 2.31. The van der Waals surface area contributed by atoms with E-state index >= 15 is 0 Å². The van der Waals surface area contributed by atoms with Crippen molar-refractivity contribution in [3.63, 3.8) is 0 Å². The molecular formula is C20H18N2O5S. The number of anilines is 1. The van der Waals surface area contributed by atoms with Gasteiger partial charge in [0, 0.05) is 7.05 Å². The number of amides is 3. The fourth-order valence-corrected chi connectivity index (χ4v) is 3.27. The number of ether oxygens (including phenoxy) is 2. The number of likely N-dealkylation sites (N-methyl/N-ethyl adjacent to an activating group) is 1. The largest absolute Gasteiger partial charge is 0.495 e. The molecule has 1 fully saturated rings. The first kappa shape index (κ1) is 19.5. The van der Waals surface area contributed by atoms with Gasteiger partial charge in [-0.25, -0.2) is 0 Å². The van der Waals surface area contributed by atoms with Crippen LogP contribution in [0.3, 0.4) is 0 Å². The molecule has 0 unspecified atom stereocenters. The van der Waals surface area contributed by atoms with Crippen LogP contribution in [0.2, 0.25) is 0 Å². The van der Waals surface area contributed by atoms with E-state index in [2.05, 4.69) is 5.32 Å². The van der Waals surface area contributed by atoms with Crippen LogP contribution in [0.4, 0.5) is 10.5 Å². The highest BCUT2D eigenvalue weighted by molar-refractivity contribution is 8.18. The quantitative estimate of drug-likeness (QED) is 0.751. The van der Waals surface area contributed by atoms with E-state index in [1.54, 1.807) is 48.5 Å². The van der Waals surface area contributed by atoms with Crippen LogP contribution in [0, 0.1) is 0 Å². The number of hydrogen-bond acceptors (Lipinski definition) is 6. The summed E-state index contributed by atoms with van der Waals surface area (Å²) in [4.78, 5) is 36.9. The van der Waals surface area contributed by atoms with Gasteiger partial charge >= 0.3 is 0 Å². The summed E-state index contributed by atoms with van der Waals surface area (Å²) in [6.07, 6.45) is 1.65. The predicted molar refractivity (Wildman–Crippen MR) is 107 cm³/mol. The number of benzene rings is 2. The van der Waals surface area contributed by atoms with E-state index in [1.807, 2.05) is 6.07 Å². The van der Waals surface area contributed by atoms with Crippen molar-refractivity contribution in [3.8, 4) is 11.5 Å². The van der Waals surface area contributed by atoms with Gasteiger partial charge in [0.1, 0.15) is 11.5 Å². The lowest BCUT2D eigenvalue weighted by Crippen LogP contribution is -2.22. The number of thioether (sulfide) groups is 1. The molecule has 0 aromatic heterocycles. The molecule has 144 valence electrons. The van der Waals surface area contributed by atoms with Gasteiger partial charge in [0.2, 0.25) is 0 Å². The molecule has 3 rings (SSSR count). The monoisotopic (exact) mass is 398 g/mol. The van der Waals surface area contributed by atoms with Crippen molar-refractivity contribution >= 4 is 40.6 Å². The van der Waals surface area contributed by atoms with Crippen LogP contribution in [0.5, 0.6) is 11.5 Å². The lowest BCUT2D eigenvalue weighted by Gasteiger charge is -2.10. The molecule has 2 aromatic rings. The SMILES string of the molecule is COc1ccccc1NC(=O)COc1ccc(/C=C2\SC(=O)N(C)C2=O)cc1. The van der Waals surface area contributed by atoms with Crippen LogP contribution in [0.1, 0.15) is 5.56 Å². The molecule has 28 heavy (non-hydrogen) atoms. The summed E-state index contributed by atoms with van der Waals surface area (Å²) in [5.74, 6) is 0.446. The molecule has 1 aliphatic rings. The average molecular weight is 398 g/mol. The summed E-state index contributed by atoms with van der Waals surface area (Å²) in [6, 6.07) is 14.0. The van der Waals surface area contributed by atoms with Crippen molar-refractivity contribution in [2.75, 3.05) is 26.1 Å². The molecule has 0 saturated carbocycles. The van der Waals surface area contributed by atoms with Crippen LogP contribution >= 0.6 is 11.8 Å². The minimum Gasteiger partial charge on any atom is -0.495 e. The average Bonchev–Trinajstić information content (AvgIpc) is 2.94. The van der Waals surface area contributed by atoms with E-state index in [0.29, 0.717) is 22.1 Å². The van der Waals surface area contributed by atoms with Gasteiger partial charge in [-0.2, -0.15) is 0 Å². The molecule has 0 bridgehead atoms. The number of nitrogens with one attached hydrogen (secondary N) is 1. The number of para-hydroxylation sites is 2. The number of hydrogen-bond donors (Lipinski definition) is 1. The third-order valence-corrected chi connectivity index (χ3v) is 4.88. The van der Waals surface area contributed by atoms with E-state index in [-0.39, 0.29) is 23.7 Å². The third kappa shape index (κ3) is 4.52. The Labute approximate surface area is 166 Å². The summed E-state index contributed by atoms with van der Waals surface area (Å²) in [6.45, 7) is -0.161. The minimum absolute atomic E-state index is 0.161. The normalized spacial score (nSPS) is 15.1. The highest BCUT2D eigenvalue weighted by atomic mass is 32.2. The first-order valence-electron chi connectivity index (χ1n) is 8.35. The van der Waals surface area contributed by atoms with Gasteiger partial charge in [-0.1, -0.05) is 24.3 Å². The molecule has 3 amide bonds. The van der Waals surface area contributed by atoms with Gasteiger partial charge in [-0.3, -0.25) is 19.3 Å². The van der Waals surface area contributed by atoms with Crippen LogP contribution in [0.25, 0.3) is 6.08 Å². The van der Waals surface area contributed by atoms with Gasteiger partial charge in [0.25, 0.3) is 17.1 Å². The molecule has 0 aliphatic carbocycles. The van der Waals surface area contributed by atoms with Crippen molar-refractivity contribution in [2.24, 2.45) is 0 Å². The predicted octanol–water partition coefficient (Wildman–Crippen LogP) is 3.38. The molecule has 1 N–H and O–H groups in total. The van der Waals surface area contributed by atoms with E-state index in [9.17, 15) is 14.4 Å². The first-order chi connectivity index (χ1) is 13.5. The third-order valence-electron chi connectivity index (χ3n) is 3.92. The Bertz CT molecular complexity index is 940. The zero-order valence-corrected chi connectivity index (χ0v) is 16.1. The molecule has 1 aliphatic heterocycles. The summed E-state index contributed by atoms with van der Waals surface area (Å²) >= 11 is 0.903. The molecule has 7 nitrogen and oxygen atoms in total. The van der Waals surface area contributed by atoms with Crippen LogP contribution in [-0.2, 0) is 9.59 Å². The summed E-state index contributed by atoms with van der Waals surface area (Å²) < 4.78 is 10.7. The lowest BCUT2D eigenvalue weighted by atomic mass is 10.2. The second kappa shape index (κ2) is 8.62. The summed E-state index contributed by atoms with van der Waals surface area (Å²) in [5.41, 5.74) is 1.32. The van der Waals surface area contributed by atoms with Crippen molar-refractivity contribution < 1.29 is 23.9 Å². The second-order valence-electron chi connectivity index (χ2n) is 5.85. The number of carbonyl (C=O) groups excluding carboxylic acids is 3. The minimum atomic E-state index is -0.316. The Morgan fingerprint density at radius 3 is 2.50 bits per heavy atom. The van der Waals surface area contributed by atoms with E-state index in [1.165, 1.54) is 14.2 Å². The van der Waals surface area contributed by atoms with Gasteiger partial charge in [-0.05, 0) is 47.7 Å². The fraction of sp³-hybridized carbons (Fsp3) is 0.150. The van der Waals surface area contributed by atoms with Crippen molar-refractivity contribution in [1.29, 1.82) is 0 Å². The topological polar surface area (TPSA) is 84.9 Å². The number of imide groups is 1. The lowest BCUT2D eigenvalue weighted by molar-refractivity contribution is -0.121. The maximum absolute atomic E-state index is 12.1. The van der Waals surface area contributed by atoms with Crippen LogP contribution in [0.15, 0.2) is 53.4 Å². The Morgan fingerprint density at radius 1 is 1.14 bits per heavy atom. The molecule has 0 atom stereocenters. The molecule has 0 radical (unpaired) electrons. The maximum atomic E-state index is 12.1. The van der Waals surface area contributed by atoms with E-state index < -0.39 is 0 Å². The standard InChI is InChI=1S/C20H18N2O5S/c1-22-19(24)17(28-20(22)25)11-13-7-9-14(10-8-13)27-12-18(23)21-15-5-3-4-6-16(15)26-2/h3-11H,12H2,1-2H3,(H,21,23)/b17-11-. The smallest absolute Gasteiger partial charge is 0.293 e. The van der Waals surface area contributed by atoms with E-state index in [4.69, 9.17) is 9.47 Å². The molecule has 0 spiro atoms. The van der Waals surface area contributed by atoms with Crippen molar-refractivity contribution in [3.05, 3.63) is 59.0 Å². The zero-order chi connectivity index (χ0) is 20.1. The van der Waals surface area contributed by atoms with Crippen molar-refractivity contribution in [2.45, 2.75) is 0 Å². The van der Waals surface area contributed by atoms with Gasteiger partial charge < -0.3 is 14.8 Å². The number of rotatable bonds is 6. The fourth-order valence-electron chi connectivity index (χ4n) is 2.44. The Hall–Kier alpha value is -3.26. The Morgan fingerprint density at radius 2 is 1.86 bits per heavy atom. The maximum Gasteiger partial charge on any atom is 0.293 e. The Balaban J connectivity index is 1.57. The zero-order valence-electron chi connectivity index (χ0n) is 15.3. The first-order valence-corrected chi connectivity index (χ1v) is 9.17. The summed E-state index contributed by atoms with van der Waals surface area (Å²) in [5, 5.41) is 2.44. The summed E-state index contributed by atoms with van der Waals surface area (Å²) in [7, 11) is 2.98. The number of carbonyl (C=O) groups is 3. The second-order valence-corrected chi connectivity index (χ2v) is 6.84. The molecule has 1 heterocycles. The number of nitrogens with zero attached hydrogens (tertiary/aromatic N) is 1.